The Morgan fingerprint density at radius 1 is 0.293 bits per heavy atom. The van der Waals surface area contributed by atoms with E-state index in [1.165, 1.54) is 121 Å². The Morgan fingerprint density at radius 3 is 1.33 bits per heavy atom. The maximum Gasteiger partial charge on any atom is 0.0725 e. The van der Waals surface area contributed by atoms with Gasteiger partial charge in [-0.2, -0.15) is 0 Å². The molecule has 0 atom stereocenters. The summed E-state index contributed by atoms with van der Waals surface area (Å²) in [6.07, 6.45) is 0. The molecule has 0 heterocycles. The third kappa shape index (κ3) is 3.86. The van der Waals surface area contributed by atoms with Crippen molar-refractivity contribution in [2.24, 2.45) is 0 Å². The van der Waals surface area contributed by atoms with Crippen molar-refractivity contribution in [3.8, 4) is 55.6 Å². The Bertz CT molecular complexity index is 3310. The highest BCUT2D eigenvalue weighted by atomic mass is 14.5. The zero-order chi connectivity index (χ0) is 38.3. The van der Waals surface area contributed by atoms with Gasteiger partial charge in [0.05, 0.1) is 5.41 Å². The smallest absolute Gasteiger partial charge is 0.0619 e. The van der Waals surface area contributed by atoms with Gasteiger partial charge in [0.15, 0.2) is 0 Å². The second-order valence-corrected chi connectivity index (χ2v) is 17.1. The zero-order valence-electron chi connectivity index (χ0n) is 32.5. The fraction of sp³-hybridized carbons (Fsp3) is 0.0690. The molecule has 0 amide bonds. The predicted octanol–water partition coefficient (Wildman–Crippen LogP) is 15.1. The lowest BCUT2D eigenvalue weighted by Crippen LogP contribution is -2.25. The Hall–Kier alpha value is -7.02. The summed E-state index contributed by atoms with van der Waals surface area (Å²) in [5.41, 5.74) is 21.0. The molecule has 0 saturated heterocycles. The SMILES string of the molecule is CC1(C)c2c(cccc2-c2c3ccccc3c(-c3ccc4c(c3)C3(c5ccccc5-c5ccccc53)c3ccccc3-4)c3ccccc23)-c2ccc3ccccc3c21. The summed E-state index contributed by atoms with van der Waals surface area (Å²) in [5.74, 6) is 0. The van der Waals surface area contributed by atoms with Gasteiger partial charge in [-0.3, -0.25) is 0 Å². The van der Waals surface area contributed by atoms with Gasteiger partial charge in [-0.05, 0) is 127 Å². The molecule has 0 aliphatic heterocycles. The van der Waals surface area contributed by atoms with Gasteiger partial charge in [-0.25, -0.2) is 0 Å². The third-order valence-electron chi connectivity index (χ3n) is 14.0. The van der Waals surface area contributed by atoms with Crippen LogP contribution in [0.25, 0.3) is 88.0 Å². The van der Waals surface area contributed by atoms with Crippen LogP contribution in [0.15, 0.2) is 194 Å². The first kappa shape index (κ1) is 32.1. The Morgan fingerprint density at radius 2 is 0.724 bits per heavy atom. The normalized spacial score (nSPS) is 14.7. The van der Waals surface area contributed by atoms with Crippen molar-refractivity contribution in [2.75, 3.05) is 0 Å². The largest absolute Gasteiger partial charge is 0.0725 e. The minimum absolute atomic E-state index is 0.194. The van der Waals surface area contributed by atoms with Crippen LogP contribution in [0.3, 0.4) is 0 Å². The molecule has 0 aromatic heterocycles. The summed E-state index contributed by atoms with van der Waals surface area (Å²) in [7, 11) is 0. The van der Waals surface area contributed by atoms with Crippen molar-refractivity contribution in [2.45, 2.75) is 24.7 Å². The number of fused-ring (bicyclic) bond motifs is 17. The molecular weight excluding hydrogens is 697 g/mol. The second-order valence-electron chi connectivity index (χ2n) is 17.1. The van der Waals surface area contributed by atoms with Crippen molar-refractivity contribution in [1.82, 2.24) is 0 Å². The van der Waals surface area contributed by atoms with Crippen LogP contribution in [0.1, 0.15) is 47.2 Å². The van der Waals surface area contributed by atoms with Gasteiger partial charge in [0.1, 0.15) is 0 Å². The quantitative estimate of drug-likeness (QED) is 0.155. The van der Waals surface area contributed by atoms with E-state index in [9.17, 15) is 0 Å². The lowest BCUT2D eigenvalue weighted by Gasteiger charge is -2.31. The summed E-state index contributed by atoms with van der Waals surface area (Å²) in [6.45, 7) is 4.87. The molecule has 1 spiro atoms. The summed E-state index contributed by atoms with van der Waals surface area (Å²) in [4.78, 5) is 0. The Balaban J connectivity index is 1.10. The summed E-state index contributed by atoms with van der Waals surface area (Å²) >= 11 is 0. The third-order valence-corrected chi connectivity index (χ3v) is 14.0. The highest BCUT2D eigenvalue weighted by molar-refractivity contribution is 6.22. The van der Waals surface area contributed by atoms with E-state index < -0.39 is 5.41 Å². The summed E-state index contributed by atoms with van der Waals surface area (Å²) in [6, 6.07) is 73.5. The fourth-order valence-electron chi connectivity index (χ4n) is 11.9. The van der Waals surface area contributed by atoms with Gasteiger partial charge in [0.2, 0.25) is 0 Å². The standard InChI is InChI=1S/C58H38/c1-57(2)55-37-17-4-3-16-35(37)30-33-47(55)46-25-15-26-48(56(46)57)54-44-23-7-5-21-42(44)53(43-22-6-8-24-45(43)54)36-31-32-41-40-20-11-14-29-51(40)58(52(41)34-36)49-27-12-9-18-38(49)39-19-10-13-28-50(39)58/h3-34H,1-2H3. The van der Waals surface area contributed by atoms with E-state index in [1.807, 2.05) is 0 Å². The average molecular weight is 735 g/mol. The molecule has 10 aromatic carbocycles. The maximum absolute atomic E-state index is 2.55. The molecule has 0 nitrogen and oxygen atoms in total. The van der Waals surface area contributed by atoms with Gasteiger partial charge in [-0.1, -0.05) is 202 Å². The first-order valence-electron chi connectivity index (χ1n) is 20.6. The average Bonchev–Trinajstić information content (AvgIpc) is 3.84. The lowest BCUT2D eigenvalue weighted by atomic mass is 9.70. The molecule has 0 N–H and O–H groups in total. The van der Waals surface area contributed by atoms with E-state index in [0.29, 0.717) is 0 Å². The van der Waals surface area contributed by atoms with Gasteiger partial charge < -0.3 is 0 Å². The van der Waals surface area contributed by atoms with Crippen LogP contribution in [-0.4, -0.2) is 0 Å². The molecule has 0 heteroatoms. The van der Waals surface area contributed by atoms with Crippen LogP contribution >= 0.6 is 0 Å². The van der Waals surface area contributed by atoms with Gasteiger partial charge in [-0.15, -0.1) is 0 Å². The van der Waals surface area contributed by atoms with Crippen LogP contribution < -0.4 is 0 Å². The van der Waals surface area contributed by atoms with Gasteiger partial charge in [0.25, 0.3) is 0 Å². The molecule has 0 bridgehead atoms. The minimum Gasteiger partial charge on any atom is -0.0619 e. The van der Waals surface area contributed by atoms with Crippen LogP contribution in [0, 0.1) is 0 Å². The monoisotopic (exact) mass is 734 g/mol. The highest BCUT2D eigenvalue weighted by Gasteiger charge is 2.51. The minimum atomic E-state index is -0.393. The summed E-state index contributed by atoms with van der Waals surface area (Å²) < 4.78 is 0. The predicted molar refractivity (Wildman–Crippen MR) is 244 cm³/mol. The molecule has 3 aliphatic carbocycles. The van der Waals surface area contributed by atoms with E-state index in [1.54, 1.807) is 0 Å². The first-order chi connectivity index (χ1) is 28.6. The molecular formula is C58H38. The fourth-order valence-corrected chi connectivity index (χ4v) is 11.9. The van der Waals surface area contributed by atoms with E-state index >= 15 is 0 Å². The Labute approximate surface area is 338 Å². The van der Waals surface area contributed by atoms with Crippen molar-refractivity contribution >= 4 is 32.3 Å². The molecule has 0 unspecified atom stereocenters. The van der Waals surface area contributed by atoms with Crippen LogP contribution in [0.4, 0.5) is 0 Å². The van der Waals surface area contributed by atoms with Crippen molar-refractivity contribution in [1.29, 1.82) is 0 Å². The van der Waals surface area contributed by atoms with Crippen molar-refractivity contribution < 1.29 is 0 Å². The molecule has 13 rings (SSSR count). The first-order valence-corrected chi connectivity index (χ1v) is 20.6. The lowest BCUT2D eigenvalue weighted by molar-refractivity contribution is 0.668. The zero-order valence-corrected chi connectivity index (χ0v) is 32.5. The van der Waals surface area contributed by atoms with E-state index in [0.717, 1.165) is 0 Å². The van der Waals surface area contributed by atoms with Crippen LogP contribution in [-0.2, 0) is 10.8 Å². The van der Waals surface area contributed by atoms with E-state index in [-0.39, 0.29) is 5.41 Å². The topological polar surface area (TPSA) is 0 Å². The molecule has 0 saturated carbocycles. The number of hydrogen-bond acceptors (Lipinski definition) is 0. The highest BCUT2D eigenvalue weighted by Crippen LogP contribution is 2.63. The molecule has 0 fully saturated rings. The summed E-state index contributed by atoms with van der Waals surface area (Å²) in [5, 5.41) is 7.79. The number of benzene rings is 10. The molecule has 0 radical (unpaired) electrons. The van der Waals surface area contributed by atoms with Crippen LogP contribution in [0.2, 0.25) is 0 Å². The molecule has 3 aliphatic rings. The number of rotatable bonds is 2. The van der Waals surface area contributed by atoms with Gasteiger partial charge in [0, 0.05) is 5.41 Å². The van der Waals surface area contributed by atoms with Gasteiger partial charge >= 0.3 is 0 Å². The van der Waals surface area contributed by atoms with Crippen LogP contribution in [0.5, 0.6) is 0 Å². The van der Waals surface area contributed by atoms with Crippen molar-refractivity contribution in [3.63, 3.8) is 0 Å². The van der Waals surface area contributed by atoms with E-state index in [2.05, 4.69) is 208 Å². The van der Waals surface area contributed by atoms with E-state index in [4.69, 9.17) is 0 Å². The molecule has 10 aromatic rings. The Kier molecular flexibility index (Phi) is 6.26. The van der Waals surface area contributed by atoms with Crippen molar-refractivity contribution in [3.05, 3.63) is 228 Å². The molecule has 58 heavy (non-hydrogen) atoms. The molecule has 270 valence electrons. The number of hydrogen-bond donors (Lipinski definition) is 0. The second kappa shape index (κ2) is 11.3. The maximum atomic E-state index is 2.55.